The molecule has 3 N–H and O–H groups in total. The molecular weight excluding hydrogens is 264 g/mol. The lowest BCUT2D eigenvalue weighted by Gasteiger charge is -2.17. The van der Waals surface area contributed by atoms with Crippen LogP contribution in [0.3, 0.4) is 0 Å². The van der Waals surface area contributed by atoms with Gasteiger partial charge < -0.3 is 11.1 Å². The van der Waals surface area contributed by atoms with Gasteiger partial charge in [0.2, 0.25) is 5.91 Å². The number of benzene rings is 1. The summed E-state index contributed by atoms with van der Waals surface area (Å²) in [6.07, 6.45) is -4.06. The molecule has 0 aliphatic carbocycles. The number of nitrogens with two attached hydrogens (primary N) is 1. The molecule has 0 heterocycles. The van der Waals surface area contributed by atoms with Crippen molar-refractivity contribution in [3.05, 3.63) is 35.9 Å². The summed E-state index contributed by atoms with van der Waals surface area (Å²) >= 11 is 0. The van der Waals surface area contributed by atoms with E-state index in [0.717, 1.165) is 0 Å². The third kappa shape index (κ3) is 4.86. The van der Waals surface area contributed by atoms with Gasteiger partial charge in [0.25, 0.3) is 0 Å². The molecule has 1 amide bonds. The first-order valence-corrected chi connectivity index (χ1v) is 5.56. The van der Waals surface area contributed by atoms with E-state index in [9.17, 15) is 22.4 Å². The fourth-order valence-electron chi connectivity index (χ4n) is 1.38. The van der Waals surface area contributed by atoms with Gasteiger partial charge in [0.05, 0.1) is 6.54 Å². The Balaban J connectivity index is 2.44. The second kappa shape index (κ2) is 6.51. The van der Waals surface area contributed by atoms with Crippen molar-refractivity contribution in [2.24, 2.45) is 5.73 Å². The molecule has 7 heteroatoms. The Labute approximate surface area is 107 Å². The minimum Gasteiger partial charge on any atom is -0.350 e. The molecule has 1 atom stereocenters. The predicted octanol–water partition coefficient (Wildman–Crippen LogP) is 2.09. The Morgan fingerprint density at radius 2 is 1.84 bits per heavy atom. The molecule has 0 fully saturated rings. The van der Waals surface area contributed by atoms with Gasteiger partial charge in [0, 0.05) is 12.5 Å². The molecule has 106 valence electrons. The molecule has 0 radical (unpaired) electrons. The first-order valence-electron chi connectivity index (χ1n) is 5.56. The number of hydrogen-bond donors (Lipinski definition) is 2. The maximum atomic E-state index is 12.6. The molecule has 0 saturated carbocycles. The number of amides is 1. The highest BCUT2D eigenvalue weighted by molar-refractivity contribution is 5.76. The third-order valence-electron chi connectivity index (χ3n) is 2.47. The van der Waals surface area contributed by atoms with Gasteiger partial charge in [0.15, 0.2) is 0 Å². The number of alkyl halides is 4. The van der Waals surface area contributed by atoms with Crippen molar-refractivity contribution in [3.8, 4) is 0 Å². The van der Waals surface area contributed by atoms with E-state index < -0.39 is 30.8 Å². The Bertz CT molecular complexity index is 411. The predicted molar refractivity (Wildman–Crippen MR) is 61.9 cm³/mol. The zero-order valence-electron chi connectivity index (χ0n) is 9.95. The van der Waals surface area contributed by atoms with Gasteiger partial charge in [-0.05, 0) is 5.56 Å². The highest BCUT2D eigenvalue weighted by atomic mass is 19.3. The minimum atomic E-state index is -4.23. The fraction of sp³-hybridized carbons (Fsp3) is 0.417. The van der Waals surface area contributed by atoms with E-state index in [1.165, 1.54) is 0 Å². The number of rotatable bonds is 6. The smallest absolute Gasteiger partial charge is 0.324 e. The summed E-state index contributed by atoms with van der Waals surface area (Å²) in [7, 11) is 0. The van der Waals surface area contributed by atoms with Crippen LogP contribution in [0.1, 0.15) is 18.0 Å². The van der Waals surface area contributed by atoms with Crippen molar-refractivity contribution in [1.82, 2.24) is 5.32 Å². The van der Waals surface area contributed by atoms with Gasteiger partial charge in [-0.25, -0.2) is 8.78 Å². The van der Waals surface area contributed by atoms with Crippen LogP contribution in [0, 0.1) is 0 Å². The highest BCUT2D eigenvalue weighted by Gasteiger charge is 2.40. The van der Waals surface area contributed by atoms with Gasteiger partial charge >= 0.3 is 12.3 Å². The van der Waals surface area contributed by atoms with Crippen molar-refractivity contribution in [1.29, 1.82) is 0 Å². The Morgan fingerprint density at radius 1 is 1.26 bits per heavy atom. The molecule has 0 aromatic heterocycles. The number of hydrogen-bond acceptors (Lipinski definition) is 2. The third-order valence-corrected chi connectivity index (χ3v) is 2.47. The molecule has 0 spiro atoms. The SMILES string of the molecule is NC(CC(=O)NCC(F)(F)C(F)F)c1ccccc1. The first kappa shape index (κ1) is 15.4. The van der Waals surface area contributed by atoms with Crippen molar-refractivity contribution >= 4 is 5.91 Å². The summed E-state index contributed by atoms with van der Waals surface area (Å²) in [5.41, 5.74) is 6.36. The summed E-state index contributed by atoms with van der Waals surface area (Å²) in [4.78, 5) is 11.3. The largest absolute Gasteiger partial charge is 0.350 e. The van der Waals surface area contributed by atoms with Crippen molar-refractivity contribution in [2.45, 2.75) is 24.8 Å². The maximum absolute atomic E-state index is 12.6. The molecule has 1 unspecified atom stereocenters. The quantitative estimate of drug-likeness (QED) is 0.783. The van der Waals surface area contributed by atoms with Crippen LogP contribution in [0.4, 0.5) is 17.6 Å². The number of nitrogens with one attached hydrogen (secondary N) is 1. The summed E-state index contributed by atoms with van der Waals surface area (Å²) in [5, 5.41) is 1.76. The van der Waals surface area contributed by atoms with Gasteiger partial charge in [0.1, 0.15) is 0 Å². The Morgan fingerprint density at radius 3 is 2.37 bits per heavy atom. The molecule has 0 aliphatic rings. The lowest BCUT2D eigenvalue weighted by Crippen LogP contribution is -2.42. The van der Waals surface area contributed by atoms with Crippen LogP contribution in [-0.2, 0) is 4.79 Å². The van der Waals surface area contributed by atoms with Crippen molar-refractivity contribution in [2.75, 3.05) is 6.54 Å². The van der Waals surface area contributed by atoms with Crippen molar-refractivity contribution in [3.63, 3.8) is 0 Å². The molecule has 0 bridgehead atoms. The topological polar surface area (TPSA) is 55.1 Å². The number of halogens is 4. The van der Waals surface area contributed by atoms with Crippen LogP contribution in [0.25, 0.3) is 0 Å². The van der Waals surface area contributed by atoms with E-state index in [0.29, 0.717) is 5.56 Å². The lowest BCUT2D eigenvalue weighted by atomic mass is 10.0. The first-order chi connectivity index (χ1) is 8.83. The summed E-state index contributed by atoms with van der Waals surface area (Å²) in [5.74, 6) is -5.02. The summed E-state index contributed by atoms with van der Waals surface area (Å²) in [6, 6.07) is 7.91. The monoisotopic (exact) mass is 278 g/mol. The fourth-order valence-corrected chi connectivity index (χ4v) is 1.38. The van der Waals surface area contributed by atoms with Gasteiger partial charge in [-0.1, -0.05) is 30.3 Å². The molecule has 19 heavy (non-hydrogen) atoms. The van der Waals surface area contributed by atoms with E-state index >= 15 is 0 Å². The highest BCUT2D eigenvalue weighted by Crippen LogP contribution is 2.21. The van der Waals surface area contributed by atoms with Crippen LogP contribution in [0.15, 0.2) is 30.3 Å². The standard InChI is InChI=1S/C12H14F4N2O/c13-11(14)12(15,16)7-18-10(19)6-9(17)8-4-2-1-3-5-8/h1-5,9,11H,6-7,17H2,(H,18,19). The lowest BCUT2D eigenvalue weighted by molar-refractivity contribution is -0.136. The average Bonchev–Trinajstić information content (AvgIpc) is 2.37. The maximum Gasteiger partial charge on any atom is 0.324 e. The second-order valence-electron chi connectivity index (χ2n) is 4.06. The van der Waals surface area contributed by atoms with E-state index in [2.05, 4.69) is 0 Å². The van der Waals surface area contributed by atoms with Gasteiger partial charge in [-0.15, -0.1) is 0 Å². The molecule has 1 aromatic rings. The zero-order chi connectivity index (χ0) is 14.5. The zero-order valence-corrected chi connectivity index (χ0v) is 9.95. The molecule has 0 aliphatic heterocycles. The Hall–Kier alpha value is -1.63. The van der Waals surface area contributed by atoms with E-state index in [4.69, 9.17) is 5.73 Å². The van der Waals surface area contributed by atoms with E-state index in [1.54, 1.807) is 35.6 Å². The Kier molecular flexibility index (Phi) is 5.29. The molecule has 1 aromatic carbocycles. The van der Waals surface area contributed by atoms with E-state index in [-0.39, 0.29) is 6.42 Å². The molecule has 0 saturated heterocycles. The molecular formula is C12H14F4N2O. The van der Waals surface area contributed by atoms with Gasteiger partial charge in [-0.3, -0.25) is 4.79 Å². The number of carbonyl (C=O) groups excluding carboxylic acids is 1. The summed E-state index contributed by atoms with van der Waals surface area (Å²) < 4.78 is 48.9. The normalized spacial score (nSPS) is 13.4. The van der Waals surface area contributed by atoms with Gasteiger partial charge in [-0.2, -0.15) is 8.78 Å². The van der Waals surface area contributed by atoms with Crippen LogP contribution >= 0.6 is 0 Å². The average molecular weight is 278 g/mol. The summed E-state index contributed by atoms with van der Waals surface area (Å²) in [6.45, 7) is -1.40. The van der Waals surface area contributed by atoms with Crippen LogP contribution in [0.2, 0.25) is 0 Å². The van der Waals surface area contributed by atoms with Crippen LogP contribution in [0.5, 0.6) is 0 Å². The number of carbonyl (C=O) groups is 1. The minimum absolute atomic E-state index is 0.247. The van der Waals surface area contributed by atoms with E-state index in [1.807, 2.05) is 0 Å². The van der Waals surface area contributed by atoms with Crippen LogP contribution in [-0.4, -0.2) is 24.8 Å². The van der Waals surface area contributed by atoms with Crippen molar-refractivity contribution < 1.29 is 22.4 Å². The molecule has 3 nitrogen and oxygen atoms in total. The van der Waals surface area contributed by atoms with Crippen LogP contribution < -0.4 is 11.1 Å². The molecule has 1 rings (SSSR count). The second-order valence-corrected chi connectivity index (χ2v) is 4.06.